The van der Waals surface area contributed by atoms with Crippen molar-refractivity contribution < 1.29 is 28.2 Å². The number of amides is 3. The van der Waals surface area contributed by atoms with Gasteiger partial charge in [-0.05, 0) is 85.3 Å². The Hall–Kier alpha value is -5.09. The lowest BCUT2D eigenvalue weighted by molar-refractivity contribution is -0.116. The van der Waals surface area contributed by atoms with Crippen LogP contribution in [0.1, 0.15) is 29.3 Å². The number of anilines is 2. The average Bonchev–Trinajstić information content (AvgIpc) is 3.04. The summed E-state index contributed by atoms with van der Waals surface area (Å²) in [6, 6.07) is 26.3. The molecule has 0 heterocycles. The summed E-state index contributed by atoms with van der Waals surface area (Å²) >= 11 is 1.34. The van der Waals surface area contributed by atoms with Gasteiger partial charge in [0.1, 0.15) is 23.0 Å². The van der Waals surface area contributed by atoms with E-state index in [0.29, 0.717) is 40.4 Å². The fourth-order valence-electron chi connectivity index (χ4n) is 4.14. The molecule has 3 N–H and O–H groups in total. The molecule has 0 aliphatic carbocycles. The smallest absolute Gasteiger partial charge is 0.272 e. The maximum absolute atomic E-state index is 13.6. The minimum atomic E-state index is -0.567. The van der Waals surface area contributed by atoms with E-state index in [1.54, 1.807) is 66.7 Å². The molecule has 0 saturated heterocycles. The molecule has 0 aromatic heterocycles. The molecule has 0 saturated carbocycles. The molecule has 8 nitrogen and oxygen atoms in total. The first-order valence-corrected chi connectivity index (χ1v) is 14.6. The number of methoxy groups -OCH3 is 2. The molecule has 0 spiro atoms. The lowest BCUT2D eigenvalue weighted by atomic mass is 10.1. The molecule has 4 aromatic carbocycles. The highest BCUT2D eigenvalue weighted by molar-refractivity contribution is 8.00. The summed E-state index contributed by atoms with van der Waals surface area (Å²) in [4.78, 5) is 40.3. The molecular weight excluding hydrogens is 581 g/mol. The molecule has 44 heavy (non-hydrogen) atoms. The number of carbonyl (C=O) groups is 3. The van der Waals surface area contributed by atoms with Crippen LogP contribution in [0.5, 0.6) is 11.5 Å². The molecule has 4 rings (SSSR count). The van der Waals surface area contributed by atoms with Gasteiger partial charge in [0.2, 0.25) is 5.91 Å². The predicted octanol–water partition coefficient (Wildman–Crippen LogP) is 6.76. The number of hydrogen-bond donors (Lipinski definition) is 3. The lowest BCUT2D eigenvalue weighted by Gasteiger charge is -2.16. The second-order valence-corrected chi connectivity index (χ2v) is 10.8. The molecule has 226 valence electrons. The number of benzene rings is 4. The van der Waals surface area contributed by atoms with Crippen molar-refractivity contribution in [2.45, 2.75) is 23.5 Å². The summed E-state index contributed by atoms with van der Waals surface area (Å²) in [5.74, 6) is -0.612. The van der Waals surface area contributed by atoms with Crippen molar-refractivity contribution >= 4 is 46.9 Å². The van der Waals surface area contributed by atoms with E-state index in [9.17, 15) is 18.8 Å². The van der Waals surface area contributed by atoms with Gasteiger partial charge in [-0.15, -0.1) is 11.8 Å². The molecule has 3 amide bonds. The van der Waals surface area contributed by atoms with Crippen molar-refractivity contribution in [1.82, 2.24) is 5.32 Å². The van der Waals surface area contributed by atoms with Crippen LogP contribution in [0.2, 0.25) is 0 Å². The third kappa shape index (κ3) is 8.71. The van der Waals surface area contributed by atoms with E-state index in [-0.39, 0.29) is 17.4 Å². The van der Waals surface area contributed by atoms with Crippen LogP contribution in [-0.4, -0.2) is 37.2 Å². The lowest BCUT2D eigenvalue weighted by Crippen LogP contribution is -2.30. The van der Waals surface area contributed by atoms with Crippen LogP contribution in [0.4, 0.5) is 15.8 Å². The minimum absolute atomic E-state index is 0.0198. The number of nitrogens with one attached hydrogen (secondary N) is 3. The predicted molar refractivity (Wildman–Crippen MR) is 171 cm³/mol. The summed E-state index contributed by atoms with van der Waals surface area (Å²) in [6.07, 6.45) is 2.05. The fraction of sp³-hybridized carbons (Fsp3) is 0.147. The van der Waals surface area contributed by atoms with Gasteiger partial charge in [0, 0.05) is 27.4 Å². The van der Waals surface area contributed by atoms with E-state index in [0.717, 1.165) is 4.90 Å². The number of halogens is 1. The van der Waals surface area contributed by atoms with E-state index >= 15 is 0 Å². The van der Waals surface area contributed by atoms with Gasteiger partial charge in [-0.25, -0.2) is 4.39 Å². The summed E-state index contributed by atoms with van der Waals surface area (Å²) in [6.45, 7) is 1.90. The van der Waals surface area contributed by atoms with E-state index in [2.05, 4.69) is 16.0 Å². The quantitative estimate of drug-likeness (QED) is 0.120. The normalized spacial score (nSPS) is 11.7. The monoisotopic (exact) mass is 613 g/mol. The molecule has 4 aromatic rings. The van der Waals surface area contributed by atoms with Crippen LogP contribution in [0.25, 0.3) is 6.08 Å². The summed E-state index contributed by atoms with van der Waals surface area (Å²) in [5, 5.41) is 7.94. The minimum Gasteiger partial charge on any atom is -0.497 e. The van der Waals surface area contributed by atoms with Gasteiger partial charge in [-0.3, -0.25) is 14.4 Å². The molecule has 1 unspecified atom stereocenters. The summed E-state index contributed by atoms with van der Waals surface area (Å²) < 4.78 is 24.0. The molecule has 0 aliphatic rings. The second-order valence-electron chi connectivity index (χ2n) is 9.48. The Balaban J connectivity index is 1.55. The average molecular weight is 614 g/mol. The zero-order valence-electron chi connectivity index (χ0n) is 24.4. The first-order chi connectivity index (χ1) is 21.3. The topological polar surface area (TPSA) is 106 Å². The Morgan fingerprint density at radius 1 is 0.841 bits per heavy atom. The van der Waals surface area contributed by atoms with Gasteiger partial charge >= 0.3 is 0 Å². The highest BCUT2D eigenvalue weighted by Crippen LogP contribution is 2.30. The van der Waals surface area contributed by atoms with Crippen molar-refractivity contribution in [2.24, 2.45) is 0 Å². The van der Waals surface area contributed by atoms with Crippen LogP contribution in [-0.2, 0) is 9.59 Å². The third-order valence-electron chi connectivity index (χ3n) is 6.41. The summed E-state index contributed by atoms with van der Waals surface area (Å²) in [5.41, 5.74) is 1.85. The van der Waals surface area contributed by atoms with Crippen molar-refractivity contribution in [3.63, 3.8) is 0 Å². The fourth-order valence-corrected chi connectivity index (χ4v) is 5.15. The third-order valence-corrected chi connectivity index (χ3v) is 7.77. The standard InChI is InChI=1S/C34H32FN3O5S/c1-4-31(34(41)36-25-15-13-24(35)14-16-25)44-28-12-8-11-26(21-28)37-33(40)29(38-32(39)22-9-6-5-7-10-22)20-23-19-27(42-2)17-18-30(23)43-3/h5-21,31H,4H2,1-3H3,(H,36,41)(H,37,40)(H,38,39)/b29-20+. The Kier molecular flexibility index (Phi) is 11.1. The molecule has 1 atom stereocenters. The van der Waals surface area contributed by atoms with Crippen LogP contribution >= 0.6 is 11.8 Å². The van der Waals surface area contributed by atoms with Crippen LogP contribution in [0.15, 0.2) is 108 Å². The van der Waals surface area contributed by atoms with Crippen LogP contribution in [0.3, 0.4) is 0 Å². The highest BCUT2D eigenvalue weighted by atomic mass is 32.2. The van der Waals surface area contributed by atoms with E-state index in [4.69, 9.17) is 9.47 Å². The van der Waals surface area contributed by atoms with Gasteiger partial charge in [0.25, 0.3) is 11.8 Å². The Morgan fingerprint density at radius 2 is 1.59 bits per heavy atom. The zero-order chi connectivity index (χ0) is 31.5. The van der Waals surface area contributed by atoms with Crippen molar-refractivity contribution in [3.05, 3.63) is 120 Å². The van der Waals surface area contributed by atoms with Gasteiger partial charge in [0.15, 0.2) is 0 Å². The molecule has 0 radical (unpaired) electrons. The summed E-state index contributed by atoms with van der Waals surface area (Å²) in [7, 11) is 3.04. The number of rotatable bonds is 12. The van der Waals surface area contributed by atoms with E-state index < -0.39 is 17.1 Å². The molecule has 0 fully saturated rings. The van der Waals surface area contributed by atoms with Gasteiger partial charge in [0.05, 0.1) is 19.5 Å². The van der Waals surface area contributed by atoms with E-state index in [1.165, 1.54) is 56.3 Å². The second kappa shape index (κ2) is 15.4. The number of thioether (sulfide) groups is 1. The maximum Gasteiger partial charge on any atom is 0.272 e. The zero-order valence-corrected chi connectivity index (χ0v) is 25.2. The Bertz CT molecular complexity index is 1640. The Morgan fingerprint density at radius 3 is 2.27 bits per heavy atom. The van der Waals surface area contributed by atoms with E-state index in [1.807, 2.05) is 13.0 Å². The van der Waals surface area contributed by atoms with Gasteiger partial charge in [-0.2, -0.15) is 0 Å². The molecular formula is C34H32FN3O5S. The SMILES string of the molecule is CCC(Sc1cccc(NC(=O)/C(=C\c2cc(OC)ccc2OC)NC(=O)c2ccccc2)c1)C(=O)Nc1ccc(F)cc1. The number of carbonyl (C=O) groups excluding carboxylic acids is 3. The number of ether oxygens (including phenoxy) is 2. The van der Waals surface area contributed by atoms with Crippen molar-refractivity contribution in [2.75, 3.05) is 24.9 Å². The first kappa shape index (κ1) is 31.8. The van der Waals surface area contributed by atoms with Gasteiger partial charge in [-0.1, -0.05) is 31.2 Å². The molecule has 0 bridgehead atoms. The first-order valence-electron chi connectivity index (χ1n) is 13.7. The molecule has 0 aliphatic heterocycles. The number of hydrogen-bond acceptors (Lipinski definition) is 6. The Labute approximate surface area is 259 Å². The molecule has 10 heteroatoms. The maximum atomic E-state index is 13.6. The van der Waals surface area contributed by atoms with Crippen LogP contribution < -0.4 is 25.4 Å². The largest absolute Gasteiger partial charge is 0.497 e. The van der Waals surface area contributed by atoms with Gasteiger partial charge < -0.3 is 25.4 Å². The van der Waals surface area contributed by atoms with Crippen LogP contribution in [0, 0.1) is 5.82 Å². The highest BCUT2D eigenvalue weighted by Gasteiger charge is 2.20. The van der Waals surface area contributed by atoms with Crippen molar-refractivity contribution in [3.8, 4) is 11.5 Å². The van der Waals surface area contributed by atoms with Crippen molar-refractivity contribution in [1.29, 1.82) is 0 Å².